The third-order valence-electron chi connectivity index (χ3n) is 14.4. The van der Waals surface area contributed by atoms with Crippen LogP contribution in [0.2, 0.25) is 0 Å². The van der Waals surface area contributed by atoms with Crippen LogP contribution in [0, 0.1) is 23.7 Å². The molecule has 0 aromatic heterocycles. The number of piperidine rings is 1. The molecule has 2 N–H and O–H groups in total. The molecule has 3 fully saturated rings. The lowest BCUT2D eigenvalue weighted by molar-refractivity contribution is -0.302. The zero-order valence-electron chi connectivity index (χ0n) is 39.2. The number of carbonyl (C=O) groups is 4. The minimum absolute atomic E-state index is 0.0159. The Morgan fingerprint density at radius 3 is 2.32 bits per heavy atom. The van der Waals surface area contributed by atoms with E-state index in [1.165, 1.54) is 19.1 Å². The average molecular weight is 883 g/mol. The number of ketones is 2. The van der Waals surface area contributed by atoms with E-state index in [1.54, 1.807) is 34.0 Å². The zero-order chi connectivity index (χ0) is 46.1. The molecule has 1 aromatic rings. The molecule has 352 valence electrons. The minimum Gasteiger partial charge on any atom is -0.456 e. The fourth-order valence-electron chi connectivity index (χ4n) is 10.5. The molecule has 13 atom stereocenters. The van der Waals surface area contributed by atoms with Gasteiger partial charge in [-0.3, -0.25) is 14.4 Å². The number of allylic oxidation sites excluding steroid dienone is 2. The van der Waals surface area contributed by atoms with Gasteiger partial charge in [-0.25, -0.2) is 9.18 Å². The molecule has 4 aliphatic rings. The molecule has 1 saturated carbocycles. The monoisotopic (exact) mass is 883 g/mol. The van der Waals surface area contributed by atoms with Crippen LogP contribution in [0.25, 0.3) is 0 Å². The molecule has 0 spiro atoms. The second-order valence-electron chi connectivity index (χ2n) is 19.0. The maximum atomic E-state index is 16.3. The van der Waals surface area contributed by atoms with E-state index in [1.807, 2.05) is 39.0 Å². The quantitative estimate of drug-likeness (QED) is 0.145. The summed E-state index contributed by atoms with van der Waals surface area (Å²) in [6.07, 6.45) is 5.32. The first-order valence-corrected chi connectivity index (χ1v) is 23.4. The number of esters is 1. The molecule has 63 heavy (non-hydrogen) atoms. The third kappa shape index (κ3) is 12.1. The Hall–Kier alpha value is -3.33. The van der Waals surface area contributed by atoms with E-state index in [4.69, 9.17) is 23.7 Å². The summed E-state index contributed by atoms with van der Waals surface area (Å²) in [5.41, 5.74) is 1.85. The van der Waals surface area contributed by atoms with Crippen LogP contribution in [-0.2, 0) is 49.4 Å². The molecule has 1 amide bonds. The lowest BCUT2D eigenvalue weighted by Crippen LogP contribution is -2.64. The van der Waals surface area contributed by atoms with Gasteiger partial charge in [0.2, 0.25) is 5.79 Å². The van der Waals surface area contributed by atoms with Crippen molar-refractivity contribution in [2.24, 2.45) is 23.7 Å². The SMILES string of the molecule is CCC1C=C(C)C(F)C(C)CC(OC)C2OC(O)(C(=O)C(=O)N3CCCCC3C(=O)OC(C(C)=CC3(NCc4ccccc4)CCCC(OC)C3)C(C)CCC1=O)C(C)CC2OC. The normalized spacial score (nSPS) is 37.4. The number of fused-ring (bicyclic) bond motifs is 3. The number of alkyl halides is 1. The van der Waals surface area contributed by atoms with Crippen molar-refractivity contribution in [3.8, 4) is 0 Å². The molecule has 1 aromatic carbocycles. The molecule has 1 aliphatic carbocycles. The van der Waals surface area contributed by atoms with E-state index in [9.17, 15) is 24.3 Å². The number of carbonyl (C=O) groups excluding carboxylic acids is 4. The van der Waals surface area contributed by atoms with Gasteiger partial charge >= 0.3 is 5.97 Å². The summed E-state index contributed by atoms with van der Waals surface area (Å²) in [5, 5.41) is 16.0. The largest absolute Gasteiger partial charge is 0.456 e. The second kappa shape index (κ2) is 22.7. The van der Waals surface area contributed by atoms with E-state index in [2.05, 4.69) is 23.5 Å². The molecule has 13 heteroatoms. The van der Waals surface area contributed by atoms with Crippen LogP contribution >= 0.6 is 0 Å². The first-order chi connectivity index (χ1) is 30.0. The van der Waals surface area contributed by atoms with Gasteiger partial charge in [-0.2, -0.15) is 0 Å². The van der Waals surface area contributed by atoms with Gasteiger partial charge < -0.3 is 39.0 Å². The third-order valence-corrected chi connectivity index (χ3v) is 14.4. The van der Waals surface area contributed by atoms with Crippen LogP contribution in [0.3, 0.4) is 0 Å². The van der Waals surface area contributed by atoms with Crippen LogP contribution < -0.4 is 5.32 Å². The number of nitrogens with zero attached hydrogens (tertiary/aromatic N) is 1. The molecule has 3 aliphatic heterocycles. The Bertz CT molecular complexity index is 1770. The number of aliphatic hydroxyl groups is 1. The van der Waals surface area contributed by atoms with Crippen molar-refractivity contribution in [1.82, 2.24) is 10.2 Å². The number of methoxy groups -OCH3 is 3. The lowest BCUT2D eigenvalue weighted by atomic mass is 9.77. The fourth-order valence-corrected chi connectivity index (χ4v) is 10.5. The Kier molecular flexibility index (Phi) is 18.3. The molecule has 0 radical (unpaired) electrons. The first kappa shape index (κ1) is 50.7. The highest BCUT2D eigenvalue weighted by molar-refractivity contribution is 6.39. The van der Waals surface area contributed by atoms with Gasteiger partial charge in [0.15, 0.2) is 0 Å². The predicted molar refractivity (Wildman–Crippen MR) is 238 cm³/mol. The van der Waals surface area contributed by atoms with Crippen molar-refractivity contribution in [2.45, 2.75) is 179 Å². The number of hydrogen-bond donors (Lipinski definition) is 2. The van der Waals surface area contributed by atoms with Crippen molar-refractivity contribution in [2.75, 3.05) is 27.9 Å². The molecule has 12 nitrogen and oxygen atoms in total. The molecule has 13 unspecified atom stereocenters. The van der Waals surface area contributed by atoms with Crippen molar-refractivity contribution >= 4 is 23.4 Å². The van der Waals surface area contributed by atoms with Gasteiger partial charge in [0.05, 0.1) is 18.3 Å². The van der Waals surface area contributed by atoms with E-state index in [0.29, 0.717) is 44.2 Å². The summed E-state index contributed by atoms with van der Waals surface area (Å²) >= 11 is 0. The van der Waals surface area contributed by atoms with Crippen molar-refractivity contribution in [3.63, 3.8) is 0 Å². The van der Waals surface area contributed by atoms with Gasteiger partial charge in [-0.15, -0.1) is 0 Å². The number of amides is 1. The average Bonchev–Trinajstić information content (AvgIpc) is 3.29. The smallest absolute Gasteiger partial charge is 0.329 e. The Morgan fingerprint density at radius 2 is 1.65 bits per heavy atom. The summed E-state index contributed by atoms with van der Waals surface area (Å²) in [6, 6.07) is 9.06. The molecule has 3 heterocycles. The van der Waals surface area contributed by atoms with Crippen LogP contribution in [-0.4, -0.2) is 115 Å². The Balaban J connectivity index is 1.56. The highest BCUT2D eigenvalue weighted by Crippen LogP contribution is 2.40. The molecule has 2 bridgehead atoms. The Morgan fingerprint density at radius 1 is 0.952 bits per heavy atom. The predicted octanol–water partition coefficient (Wildman–Crippen LogP) is 7.39. The number of hydrogen-bond acceptors (Lipinski definition) is 11. The van der Waals surface area contributed by atoms with Crippen LogP contribution in [0.15, 0.2) is 53.6 Å². The summed E-state index contributed by atoms with van der Waals surface area (Å²) in [6.45, 7) is 11.6. The molecule has 5 rings (SSSR count). The van der Waals surface area contributed by atoms with Gasteiger partial charge in [0.25, 0.3) is 11.7 Å². The lowest BCUT2D eigenvalue weighted by Gasteiger charge is -2.47. The number of ether oxygens (including phenoxy) is 5. The topological polar surface area (TPSA) is 150 Å². The maximum Gasteiger partial charge on any atom is 0.329 e. The molecule has 2 saturated heterocycles. The van der Waals surface area contributed by atoms with Gasteiger partial charge in [-0.05, 0) is 113 Å². The van der Waals surface area contributed by atoms with Gasteiger partial charge in [-0.1, -0.05) is 70.2 Å². The zero-order valence-corrected chi connectivity index (χ0v) is 39.2. The van der Waals surface area contributed by atoms with Crippen LogP contribution in [0.4, 0.5) is 4.39 Å². The van der Waals surface area contributed by atoms with Crippen LogP contribution in [0.1, 0.15) is 124 Å². The standard InChI is InChI=1S/C50H75FN2O10/c1-10-37-25-32(3)43(51)33(4)26-41(60-8)45-42(61-9)27-35(6)50(58,63-45)46(55)47(56)53-24-15-14-20-39(53)48(57)62-44(31(2)21-22-40(37)54)34(5)28-49(23-16-19-38(29-49)59-7)52-30-36-17-12-11-13-18-36/h11-13,17-18,25,28,31,33,35,37-39,41-45,52,58H,10,14-16,19-24,26-27,29-30H2,1-9H3. The fraction of sp³-hybridized carbons (Fsp3) is 0.720. The van der Waals surface area contributed by atoms with Crippen molar-refractivity contribution in [3.05, 3.63) is 59.2 Å². The van der Waals surface area contributed by atoms with Gasteiger partial charge in [0, 0.05) is 58.2 Å². The maximum absolute atomic E-state index is 16.3. The summed E-state index contributed by atoms with van der Waals surface area (Å²) < 4.78 is 46.6. The molecular weight excluding hydrogens is 808 g/mol. The second-order valence-corrected chi connectivity index (χ2v) is 19.0. The van der Waals surface area contributed by atoms with E-state index in [-0.39, 0.29) is 50.0 Å². The van der Waals surface area contributed by atoms with Crippen molar-refractivity contribution < 1.29 is 52.4 Å². The number of Topliss-reactive ketones (excluding diaryl/α,β-unsaturated/α-hetero) is 2. The number of rotatable bonds is 9. The summed E-state index contributed by atoms with van der Waals surface area (Å²) in [7, 11) is 4.66. The number of benzene rings is 1. The van der Waals surface area contributed by atoms with E-state index in [0.717, 1.165) is 30.4 Å². The minimum atomic E-state index is -2.57. The summed E-state index contributed by atoms with van der Waals surface area (Å²) in [4.78, 5) is 58.6. The van der Waals surface area contributed by atoms with E-state index >= 15 is 4.39 Å². The van der Waals surface area contributed by atoms with E-state index < -0.39 is 83.4 Å². The van der Waals surface area contributed by atoms with Crippen LogP contribution in [0.5, 0.6) is 0 Å². The highest BCUT2D eigenvalue weighted by Gasteiger charge is 2.57. The highest BCUT2D eigenvalue weighted by atomic mass is 19.1. The van der Waals surface area contributed by atoms with Gasteiger partial charge in [0.1, 0.15) is 30.2 Å². The molecular formula is C50H75FN2O10. The summed E-state index contributed by atoms with van der Waals surface area (Å²) in [5.74, 6) is -7.82. The number of halogens is 1. The first-order valence-electron chi connectivity index (χ1n) is 23.4. The number of nitrogens with one attached hydrogen (secondary N) is 1. The Labute approximate surface area is 375 Å². The number of cyclic esters (lactones) is 1. The van der Waals surface area contributed by atoms with Crippen molar-refractivity contribution in [1.29, 1.82) is 0 Å².